The van der Waals surface area contributed by atoms with Crippen LogP contribution in [0.5, 0.6) is 0 Å². The first kappa shape index (κ1) is 16.4. The number of morpholine rings is 1. The third-order valence-corrected chi connectivity index (χ3v) is 5.73. The zero-order chi connectivity index (χ0) is 15.2. The van der Waals surface area contributed by atoms with Crippen LogP contribution in [0.2, 0.25) is 0 Å². The Bertz CT molecular complexity index is 354. The maximum Gasteiger partial charge on any atom is 0.317 e. The number of thioether (sulfide) groups is 1. The molecule has 0 unspecified atom stereocenters. The number of carbonyl (C=O) groups is 1. The van der Waals surface area contributed by atoms with Crippen molar-refractivity contribution in [1.82, 2.24) is 15.1 Å². The van der Waals surface area contributed by atoms with E-state index in [9.17, 15) is 4.79 Å². The van der Waals surface area contributed by atoms with Gasteiger partial charge in [0.15, 0.2) is 0 Å². The van der Waals surface area contributed by atoms with Gasteiger partial charge < -0.3 is 19.7 Å². The van der Waals surface area contributed by atoms with E-state index in [1.807, 2.05) is 16.7 Å². The Kier molecular flexibility index (Phi) is 6.23. The van der Waals surface area contributed by atoms with Crippen LogP contribution in [-0.2, 0) is 9.47 Å². The molecule has 7 heteroatoms. The highest BCUT2D eigenvalue weighted by Crippen LogP contribution is 2.22. The van der Waals surface area contributed by atoms with E-state index in [0.717, 1.165) is 77.1 Å². The summed E-state index contributed by atoms with van der Waals surface area (Å²) in [6.07, 6.45) is 1.10. The monoisotopic (exact) mass is 329 g/mol. The van der Waals surface area contributed by atoms with Crippen LogP contribution in [0.15, 0.2) is 0 Å². The minimum absolute atomic E-state index is 0.0949. The van der Waals surface area contributed by atoms with Crippen LogP contribution in [0.4, 0.5) is 4.79 Å². The number of nitrogens with one attached hydrogen (secondary N) is 1. The van der Waals surface area contributed by atoms with Crippen molar-refractivity contribution < 1.29 is 14.3 Å². The van der Waals surface area contributed by atoms with Crippen LogP contribution in [0.1, 0.15) is 6.42 Å². The van der Waals surface area contributed by atoms with E-state index in [0.29, 0.717) is 12.0 Å². The van der Waals surface area contributed by atoms with Crippen molar-refractivity contribution >= 4 is 17.8 Å². The zero-order valence-corrected chi connectivity index (χ0v) is 14.0. The Labute approximate surface area is 136 Å². The second kappa shape index (κ2) is 8.38. The molecular formula is C15H27N3O3S. The summed E-state index contributed by atoms with van der Waals surface area (Å²) in [6, 6.07) is 0.465. The van der Waals surface area contributed by atoms with Gasteiger partial charge in [0.05, 0.1) is 19.8 Å². The lowest BCUT2D eigenvalue weighted by Gasteiger charge is -2.38. The number of ether oxygens (including phenoxy) is 2. The van der Waals surface area contributed by atoms with Gasteiger partial charge in [-0.2, -0.15) is 11.8 Å². The quantitative estimate of drug-likeness (QED) is 0.813. The fourth-order valence-corrected chi connectivity index (χ4v) is 4.33. The lowest BCUT2D eigenvalue weighted by atomic mass is 9.97. The minimum atomic E-state index is 0.0949. The normalized spacial score (nSPS) is 28.5. The molecule has 3 heterocycles. The van der Waals surface area contributed by atoms with Crippen LogP contribution in [0.25, 0.3) is 0 Å². The first-order chi connectivity index (χ1) is 10.8. The predicted octanol–water partition coefficient (Wildman–Crippen LogP) is 0.482. The molecule has 0 aromatic carbocycles. The SMILES string of the molecule is O=C(NC[C@@H]([C@H]1CCOC1)N1CCOCC1)N1CCSCC1. The van der Waals surface area contributed by atoms with Gasteiger partial charge in [0, 0.05) is 62.8 Å². The molecule has 0 aliphatic carbocycles. The molecule has 6 nitrogen and oxygen atoms in total. The summed E-state index contributed by atoms with van der Waals surface area (Å²) in [6.45, 7) is 7.62. The number of rotatable bonds is 4. The molecule has 2 atom stereocenters. The molecular weight excluding hydrogens is 302 g/mol. The Morgan fingerprint density at radius 3 is 2.59 bits per heavy atom. The van der Waals surface area contributed by atoms with Gasteiger partial charge in [-0.15, -0.1) is 0 Å². The lowest BCUT2D eigenvalue weighted by Crippen LogP contribution is -2.54. The van der Waals surface area contributed by atoms with Crippen LogP contribution < -0.4 is 5.32 Å². The molecule has 0 spiro atoms. The Morgan fingerprint density at radius 2 is 1.91 bits per heavy atom. The molecule has 3 fully saturated rings. The van der Waals surface area contributed by atoms with Crippen molar-refractivity contribution in [3.8, 4) is 0 Å². The van der Waals surface area contributed by atoms with Gasteiger partial charge in [-0.25, -0.2) is 4.79 Å². The van der Waals surface area contributed by atoms with Gasteiger partial charge in [0.2, 0.25) is 0 Å². The summed E-state index contributed by atoms with van der Waals surface area (Å²) in [4.78, 5) is 16.7. The predicted molar refractivity (Wildman–Crippen MR) is 87.4 cm³/mol. The van der Waals surface area contributed by atoms with Crippen LogP contribution >= 0.6 is 11.8 Å². The van der Waals surface area contributed by atoms with E-state index in [-0.39, 0.29) is 6.03 Å². The standard InChI is InChI=1S/C15H27N3O3S/c19-15(18-4-9-22-10-5-18)16-11-14(13-1-6-21-12-13)17-2-7-20-8-3-17/h13-14H,1-12H2,(H,16,19)/t13-,14-/m0/s1. The Hall–Kier alpha value is -0.500. The average Bonchev–Trinajstić information content (AvgIpc) is 3.11. The zero-order valence-electron chi connectivity index (χ0n) is 13.2. The number of hydrogen-bond donors (Lipinski definition) is 1. The first-order valence-corrected chi connectivity index (χ1v) is 9.50. The first-order valence-electron chi connectivity index (χ1n) is 8.34. The summed E-state index contributed by atoms with van der Waals surface area (Å²) in [5, 5.41) is 3.17. The van der Waals surface area contributed by atoms with Crippen molar-refractivity contribution in [3.63, 3.8) is 0 Å². The Balaban J connectivity index is 1.53. The molecule has 3 rings (SSSR count). The number of amides is 2. The summed E-state index contributed by atoms with van der Waals surface area (Å²) in [5.74, 6) is 2.63. The van der Waals surface area contributed by atoms with Gasteiger partial charge in [0.25, 0.3) is 0 Å². The van der Waals surface area contributed by atoms with Crippen LogP contribution in [0, 0.1) is 5.92 Å². The number of carbonyl (C=O) groups excluding carboxylic acids is 1. The largest absolute Gasteiger partial charge is 0.381 e. The van der Waals surface area contributed by atoms with Crippen LogP contribution in [0.3, 0.4) is 0 Å². The number of hydrogen-bond acceptors (Lipinski definition) is 5. The summed E-state index contributed by atoms with van der Waals surface area (Å²) in [5.41, 5.74) is 0. The van der Waals surface area contributed by atoms with Gasteiger partial charge in [0.1, 0.15) is 0 Å². The van der Waals surface area contributed by atoms with Crippen LogP contribution in [-0.4, -0.2) is 92.5 Å². The molecule has 3 saturated heterocycles. The maximum absolute atomic E-state index is 12.3. The van der Waals surface area contributed by atoms with Gasteiger partial charge >= 0.3 is 6.03 Å². The fraction of sp³-hybridized carbons (Fsp3) is 0.933. The van der Waals surface area contributed by atoms with Crippen molar-refractivity contribution in [2.75, 3.05) is 70.7 Å². The number of nitrogens with zero attached hydrogens (tertiary/aromatic N) is 2. The van der Waals surface area contributed by atoms with E-state index in [1.165, 1.54) is 0 Å². The number of urea groups is 1. The van der Waals surface area contributed by atoms with E-state index in [4.69, 9.17) is 9.47 Å². The summed E-state index contributed by atoms with van der Waals surface area (Å²) >= 11 is 1.92. The summed E-state index contributed by atoms with van der Waals surface area (Å²) < 4.78 is 11.0. The van der Waals surface area contributed by atoms with Crippen molar-refractivity contribution in [2.24, 2.45) is 5.92 Å². The lowest BCUT2D eigenvalue weighted by molar-refractivity contribution is 0.00188. The van der Waals surface area contributed by atoms with E-state index in [1.54, 1.807) is 0 Å². The third-order valence-electron chi connectivity index (χ3n) is 4.78. The highest BCUT2D eigenvalue weighted by atomic mass is 32.2. The molecule has 22 heavy (non-hydrogen) atoms. The second-order valence-corrected chi connectivity index (χ2v) is 7.35. The Morgan fingerprint density at radius 1 is 1.14 bits per heavy atom. The molecule has 3 aliphatic rings. The molecule has 3 aliphatic heterocycles. The van der Waals surface area contributed by atoms with Gasteiger partial charge in [-0.3, -0.25) is 4.90 Å². The molecule has 0 aromatic heterocycles. The molecule has 0 radical (unpaired) electrons. The minimum Gasteiger partial charge on any atom is -0.381 e. The van der Waals surface area contributed by atoms with Gasteiger partial charge in [-0.05, 0) is 6.42 Å². The molecule has 2 amide bonds. The van der Waals surface area contributed by atoms with Crippen molar-refractivity contribution in [2.45, 2.75) is 12.5 Å². The van der Waals surface area contributed by atoms with E-state index in [2.05, 4.69) is 10.2 Å². The van der Waals surface area contributed by atoms with E-state index >= 15 is 0 Å². The smallest absolute Gasteiger partial charge is 0.317 e. The van der Waals surface area contributed by atoms with Gasteiger partial charge in [-0.1, -0.05) is 0 Å². The molecule has 0 aromatic rings. The highest BCUT2D eigenvalue weighted by Gasteiger charge is 2.32. The van der Waals surface area contributed by atoms with Crippen molar-refractivity contribution in [1.29, 1.82) is 0 Å². The molecule has 0 saturated carbocycles. The average molecular weight is 329 g/mol. The highest BCUT2D eigenvalue weighted by molar-refractivity contribution is 7.99. The van der Waals surface area contributed by atoms with Crippen molar-refractivity contribution in [3.05, 3.63) is 0 Å². The molecule has 126 valence electrons. The third kappa shape index (κ3) is 4.28. The van der Waals surface area contributed by atoms with E-state index < -0.39 is 0 Å². The maximum atomic E-state index is 12.3. The fourth-order valence-electron chi connectivity index (χ4n) is 3.43. The summed E-state index contributed by atoms with van der Waals surface area (Å²) in [7, 11) is 0. The molecule has 1 N–H and O–H groups in total. The topological polar surface area (TPSA) is 54.0 Å². The second-order valence-electron chi connectivity index (χ2n) is 6.12. The molecule has 0 bridgehead atoms.